The van der Waals surface area contributed by atoms with E-state index in [-0.39, 0.29) is 5.91 Å². The fourth-order valence-corrected chi connectivity index (χ4v) is 1.16. The maximum atomic E-state index is 10.8. The van der Waals surface area contributed by atoms with Crippen LogP contribution in [0.4, 0.5) is 5.82 Å². The SMILES string of the molecule is C=CC(=O)Nc1csc(OC)n1. The average Bonchev–Trinajstić information content (AvgIpc) is 2.52. The molecule has 0 aromatic carbocycles. The second-order valence-corrected chi connectivity index (χ2v) is 2.72. The molecular formula is C7H8N2O2S. The lowest BCUT2D eigenvalue weighted by Gasteiger charge is -1.93. The number of ether oxygens (including phenoxy) is 1. The van der Waals surface area contributed by atoms with E-state index < -0.39 is 0 Å². The zero-order valence-corrected chi connectivity index (χ0v) is 7.35. The van der Waals surface area contributed by atoms with E-state index in [0.29, 0.717) is 11.0 Å². The summed E-state index contributed by atoms with van der Waals surface area (Å²) < 4.78 is 4.84. The Labute approximate surface area is 73.9 Å². The van der Waals surface area contributed by atoms with Crippen LogP contribution in [0.25, 0.3) is 0 Å². The van der Waals surface area contributed by atoms with Gasteiger partial charge in [0.1, 0.15) is 5.82 Å². The number of hydrogen-bond donors (Lipinski definition) is 1. The Bertz CT molecular complexity index is 295. The van der Waals surface area contributed by atoms with Crippen LogP contribution in [0.2, 0.25) is 0 Å². The second kappa shape index (κ2) is 3.87. The van der Waals surface area contributed by atoms with Crippen LogP contribution in [0.1, 0.15) is 0 Å². The van der Waals surface area contributed by atoms with Crippen molar-refractivity contribution in [1.82, 2.24) is 4.98 Å². The van der Waals surface area contributed by atoms with Gasteiger partial charge in [0.05, 0.1) is 7.11 Å². The largest absolute Gasteiger partial charge is 0.473 e. The fourth-order valence-electron chi connectivity index (χ4n) is 0.586. The number of nitrogens with one attached hydrogen (secondary N) is 1. The van der Waals surface area contributed by atoms with Gasteiger partial charge in [0, 0.05) is 5.38 Å². The molecule has 0 spiro atoms. The summed E-state index contributed by atoms with van der Waals surface area (Å²) in [7, 11) is 1.53. The van der Waals surface area contributed by atoms with Gasteiger partial charge in [0.25, 0.3) is 5.19 Å². The Morgan fingerprint density at radius 2 is 2.67 bits per heavy atom. The van der Waals surface area contributed by atoms with E-state index in [1.807, 2.05) is 0 Å². The predicted molar refractivity (Wildman–Crippen MR) is 47.5 cm³/mol. The summed E-state index contributed by atoms with van der Waals surface area (Å²) in [4.78, 5) is 14.7. The maximum absolute atomic E-state index is 10.8. The van der Waals surface area contributed by atoms with Crippen LogP contribution >= 0.6 is 11.3 Å². The number of thiazole rings is 1. The van der Waals surface area contributed by atoms with Crippen LogP contribution in [0.3, 0.4) is 0 Å². The summed E-state index contributed by atoms with van der Waals surface area (Å²) in [5, 5.41) is 4.73. The molecule has 0 saturated heterocycles. The summed E-state index contributed by atoms with van der Waals surface area (Å²) in [6.45, 7) is 3.32. The van der Waals surface area contributed by atoms with Gasteiger partial charge in [0.15, 0.2) is 0 Å². The molecule has 4 nitrogen and oxygen atoms in total. The second-order valence-electron chi connectivity index (χ2n) is 1.90. The summed E-state index contributed by atoms with van der Waals surface area (Å²) in [6.07, 6.45) is 1.19. The number of anilines is 1. The Morgan fingerprint density at radius 1 is 1.92 bits per heavy atom. The number of aromatic nitrogens is 1. The Morgan fingerprint density at radius 3 is 3.17 bits per heavy atom. The molecular weight excluding hydrogens is 176 g/mol. The van der Waals surface area contributed by atoms with E-state index in [1.54, 1.807) is 5.38 Å². The van der Waals surface area contributed by atoms with Crippen molar-refractivity contribution < 1.29 is 9.53 Å². The van der Waals surface area contributed by atoms with Gasteiger partial charge in [-0.05, 0) is 6.08 Å². The summed E-state index contributed by atoms with van der Waals surface area (Å²) >= 11 is 1.32. The first kappa shape index (κ1) is 8.73. The van der Waals surface area contributed by atoms with Gasteiger partial charge in [-0.15, -0.1) is 0 Å². The Kier molecular flexibility index (Phi) is 2.82. The van der Waals surface area contributed by atoms with Crippen molar-refractivity contribution in [2.24, 2.45) is 0 Å². The van der Waals surface area contributed by atoms with Gasteiger partial charge in [-0.25, -0.2) is 0 Å². The van der Waals surface area contributed by atoms with Crippen LogP contribution in [0, 0.1) is 0 Å². The number of carbonyl (C=O) groups excluding carboxylic acids is 1. The predicted octanol–water partition coefficient (Wildman–Crippen LogP) is 1.28. The number of nitrogens with zero attached hydrogens (tertiary/aromatic N) is 1. The van der Waals surface area contributed by atoms with E-state index in [4.69, 9.17) is 4.74 Å². The molecule has 12 heavy (non-hydrogen) atoms. The molecule has 5 heteroatoms. The van der Waals surface area contributed by atoms with Gasteiger partial charge < -0.3 is 10.1 Å². The number of carbonyl (C=O) groups is 1. The minimum Gasteiger partial charge on any atom is -0.473 e. The Balaban J connectivity index is 2.63. The van der Waals surface area contributed by atoms with Crippen LogP contribution in [0.5, 0.6) is 5.19 Å². The highest BCUT2D eigenvalue weighted by Crippen LogP contribution is 2.20. The van der Waals surface area contributed by atoms with E-state index in [9.17, 15) is 4.79 Å². The lowest BCUT2D eigenvalue weighted by atomic mass is 10.6. The van der Waals surface area contributed by atoms with Gasteiger partial charge in [0.2, 0.25) is 5.91 Å². The van der Waals surface area contributed by atoms with Crippen LogP contribution in [0.15, 0.2) is 18.0 Å². The van der Waals surface area contributed by atoms with Gasteiger partial charge >= 0.3 is 0 Å². The third-order valence-electron chi connectivity index (χ3n) is 1.09. The zero-order valence-electron chi connectivity index (χ0n) is 6.53. The third-order valence-corrected chi connectivity index (χ3v) is 1.90. The minimum absolute atomic E-state index is 0.275. The molecule has 1 heterocycles. The van der Waals surface area contributed by atoms with Gasteiger partial charge in [-0.2, -0.15) is 4.98 Å². The van der Waals surface area contributed by atoms with Crippen molar-refractivity contribution in [3.63, 3.8) is 0 Å². The molecule has 1 aromatic heterocycles. The third kappa shape index (κ3) is 2.06. The normalized spacial score (nSPS) is 9.08. The molecule has 0 radical (unpaired) electrons. The maximum Gasteiger partial charge on any atom is 0.274 e. The smallest absolute Gasteiger partial charge is 0.274 e. The highest BCUT2D eigenvalue weighted by Gasteiger charge is 2.02. The van der Waals surface area contributed by atoms with Crippen LogP contribution in [-0.4, -0.2) is 18.0 Å². The Hall–Kier alpha value is -1.36. The average molecular weight is 184 g/mol. The van der Waals surface area contributed by atoms with Gasteiger partial charge in [-0.3, -0.25) is 4.79 Å². The minimum atomic E-state index is -0.275. The molecule has 0 saturated carbocycles. The first-order chi connectivity index (χ1) is 5.76. The number of methoxy groups -OCH3 is 1. The lowest BCUT2D eigenvalue weighted by Crippen LogP contribution is -2.07. The molecule has 1 amide bonds. The van der Waals surface area contributed by atoms with Crippen molar-refractivity contribution in [1.29, 1.82) is 0 Å². The van der Waals surface area contributed by atoms with E-state index in [1.165, 1.54) is 24.5 Å². The molecule has 64 valence electrons. The van der Waals surface area contributed by atoms with Crippen LogP contribution < -0.4 is 10.1 Å². The van der Waals surface area contributed by atoms with Crippen molar-refractivity contribution in [3.8, 4) is 5.19 Å². The molecule has 0 aliphatic heterocycles. The first-order valence-corrected chi connectivity index (χ1v) is 4.07. The summed E-state index contributed by atoms with van der Waals surface area (Å²) in [5.41, 5.74) is 0. The van der Waals surface area contributed by atoms with E-state index >= 15 is 0 Å². The number of amides is 1. The molecule has 0 aliphatic rings. The highest BCUT2D eigenvalue weighted by molar-refractivity contribution is 7.11. The summed E-state index contributed by atoms with van der Waals surface area (Å²) in [6, 6.07) is 0. The standard InChI is InChI=1S/C7H8N2O2S/c1-3-6(10)8-5-4-12-7(9-5)11-2/h3-4H,1H2,2H3,(H,8,10). The first-order valence-electron chi connectivity index (χ1n) is 3.19. The molecule has 0 atom stereocenters. The molecule has 1 aromatic rings. The quantitative estimate of drug-likeness (QED) is 0.720. The fraction of sp³-hybridized carbons (Fsp3) is 0.143. The molecule has 1 N–H and O–H groups in total. The van der Waals surface area contributed by atoms with Crippen LogP contribution in [-0.2, 0) is 4.79 Å². The molecule has 0 unspecified atom stereocenters. The van der Waals surface area contributed by atoms with Crippen molar-refractivity contribution in [3.05, 3.63) is 18.0 Å². The molecule has 0 bridgehead atoms. The topological polar surface area (TPSA) is 51.2 Å². The van der Waals surface area contributed by atoms with E-state index in [2.05, 4.69) is 16.9 Å². The van der Waals surface area contributed by atoms with Crippen molar-refractivity contribution >= 4 is 23.1 Å². The highest BCUT2D eigenvalue weighted by atomic mass is 32.1. The number of rotatable bonds is 3. The van der Waals surface area contributed by atoms with Crippen molar-refractivity contribution in [2.45, 2.75) is 0 Å². The van der Waals surface area contributed by atoms with Gasteiger partial charge in [-0.1, -0.05) is 17.9 Å². The molecule has 1 rings (SSSR count). The van der Waals surface area contributed by atoms with Crippen molar-refractivity contribution in [2.75, 3.05) is 12.4 Å². The van der Waals surface area contributed by atoms with E-state index in [0.717, 1.165) is 0 Å². The molecule has 0 fully saturated rings. The monoisotopic (exact) mass is 184 g/mol. The zero-order chi connectivity index (χ0) is 8.97. The molecule has 0 aliphatic carbocycles. The summed E-state index contributed by atoms with van der Waals surface area (Å²) in [5.74, 6) is 0.213. The number of hydrogen-bond acceptors (Lipinski definition) is 4. The lowest BCUT2D eigenvalue weighted by molar-refractivity contribution is -0.111.